The van der Waals surface area contributed by atoms with Crippen LogP contribution in [0.5, 0.6) is 0 Å². The molecule has 0 spiro atoms. The van der Waals surface area contributed by atoms with Gasteiger partial charge in [0.25, 0.3) is 0 Å². The van der Waals surface area contributed by atoms with Crippen LogP contribution in [0.4, 0.5) is 13.2 Å². The second kappa shape index (κ2) is 4.80. The Morgan fingerprint density at radius 1 is 1.15 bits per heavy atom. The van der Waals surface area contributed by atoms with Crippen LogP contribution in [-0.2, 0) is 9.84 Å². The maximum Gasteiger partial charge on any atom is 0.389 e. The first kappa shape index (κ1) is 12.7. The Balaban J connectivity index is 3.77. The van der Waals surface area contributed by atoms with Gasteiger partial charge in [-0.15, -0.1) is 0 Å². The highest BCUT2D eigenvalue weighted by molar-refractivity contribution is 7.91. The molecule has 0 amide bonds. The number of sulfone groups is 1. The largest absolute Gasteiger partial charge is 0.389 e. The Kier molecular flexibility index (Phi) is 4.69. The Morgan fingerprint density at radius 2 is 1.69 bits per heavy atom. The van der Waals surface area contributed by atoms with Gasteiger partial charge in [0, 0.05) is 13.0 Å². The van der Waals surface area contributed by atoms with Gasteiger partial charge < -0.3 is 5.73 Å². The smallest absolute Gasteiger partial charge is 0.329 e. The van der Waals surface area contributed by atoms with Gasteiger partial charge in [0.05, 0.1) is 11.5 Å². The zero-order chi connectivity index (χ0) is 10.5. The van der Waals surface area contributed by atoms with Gasteiger partial charge in [0.15, 0.2) is 9.84 Å². The van der Waals surface area contributed by atoms with E-state index >= 15 is 0 Å². The van der Waals surface area contributed by atoms with Gasteiger partial charge in [-0.05, 0) is 6.42 Å². The van der Waals surface area contributed by atoms with Crippen LogP contribution in [0, 0.1) is 0 Å². The summed E-state index contributed by atoms with van der Waals surface area (Å²) < 4.78 is 56.5. The summed E-state index contributed by atoms with van der Waals surface area (Å²) in [7, 11) is -3.38. The topological polar surface area (TPSA) is 60.2 Å². The normalized spacial score (nSPS) is 13.2. The van der Waals surface area contributed by atoms with Crippen molar-refractivity contribution in [1.82, 2.24) is 0 Å². The third-order valence-corrected chi connectivity index (χ3v) is 3.11. The molecule has 0 bridgehead atoms. The van der Waals surface area contributed by atoms with E-state index in [1.54, 1.807) is 0 Å². The van der Waals surface area contributed by atoms with Crippen LogP contribution in [0.2, 0.25) is 0 Å². The van der Waals surface area contributed by atoms with Gasteiger partial charge in [-0.2, -0.15) is 13.2 Å². The standard InChI is InChI=1S/C6H12F3NO2S/c7-6(8,9)2-1-4-13(11,12)5-3-10/h1-5,10H2. The minimum Gasteiger partial charge on any atom is -0.329 e. The van der Waals surface area contributed by atoms with Crippen molar-refractivity contribution in [2.24, 2.45) is 5.73 Å². The summed E-state index contributed by atoms with van der Waals surface area (Å²) in [6.07, 6.45) is -5.72. The summed E-state index contributed by atoms with van der Waals surface area (Å²) in [5.41, 5.74) is 4.97. The van der Waals surface area contributed by atoms with Crippen molar-refractivity contribution in [3.8, 4) is 0 Å². The third kappa shape index (κ3) is 8.04. The Bertz CT molecular complexity index is 235. The number of nitrogens with two attached hydrogens (primary N) is 1. The van der Waals surface area contributed by atoms with Gasteiger partial charge in [-0.1, -0.05) is 0 Å². The molecule has 0 saturated carbocycles. The summed E-state index contributed by atoms with van der Waals surface area (Å²) in [5, 5.41) is 0. The lowest BCUT2D eigenvalue weighted by Gasteiger charge is -2.05. The lowest BCUT2D eigenvalue weighted by atomic mass is 10.3. The highest BCUT2D eigenvalue weighted by Crippen LogP contribution is 2.21. The summed E-state index contributed by atoms with van der Waals surface area (Å²) in [6, 6.07) is 0. The van der Waals surface area contributed by atoms with Gasteiger partial charge in [0.2, 0.25) is 0 Å². The molecule has 0 aromatic rings. The molecule has 3 nitrogen and oxygen atoms in total. The molecule has 7 heteroatoms. The van der Waals surface area contributed by atoms with Crippen molar-refractivity contribution < 1.29 is 21.6 Å². The molecule has 0 radical (unpaired) electrons. The Morgan fingerprint density at radius 3 is 2.08 bits per heavy atom. The van der Waals surface area contributed by atoms with E-state index in [2.05, 4.69) is 0 Å². The van der Waals surface area contributed by atoms with E-state index in [-0.39, 0.29) is 18.7 Å². The predicted molar refractivity (Wildman–Crippen MR) is 43.0 cm³/mol. The molecule has 80 valence electrons. The monoisotopic (exact) mass is 219 g/mol. The second-order valence-corrected chi connectivity index (χ2v) is 4.96. The first-order valence-corrected chi connectivity index (χ1v) is 5.56. The summed E-state index contributed by atoms with van der Waals surface area (Å²) in [4.78, 5) is 0. The molecule has 0 fully saturated rings. The highest BCUT2D eigenvalue weighted by Gasteiger charge is 2.27. The van der Waals surface area contributed by atoms with Crippen LogP contribution in [0.15, 0.2) is 0 Å². The number of alkyl halides is 3. The fraction of sp³-hybridized carbons (Fsp3) is 1.00. The number of rotatable bonds is 5. The molecular formula is C6H12F3NO2S. The van der Waals surface area contributed by atoms with Crippen molar-refractivity contribution in [2.75, 3.05) is 18.1 Å². The minimum absolute atomic E-state index is 0.0473. The van der Waals surface area contributed by atoms with Crippen LogP contribution >= 0.6 is 0 Å². The average molecular weight is 219 g/mol. The maximum atomic E-state index is 11.6. The van der Waals surface area contributed by atoms with Gasteiger partial charge in [-0.3, -0.25) is 0 Å². The Hall–Kier alpha value is -0.300. The van der Waals surface area contributed by atoms with Crippen molar-refractivity contribution in [1.29, 1.82) is 0 Å². The molecule has 0 heterocycles. The molecule has 0 aromatic heterocycles. The van der Waals surface area contributed by atoms with Crippen LogP contribution in [0.1, 0.15) is 12.8 Å². The second-order valence-electron chi connectivity index (χ2n) is 2.66. The van der Waals surface area contributed by atoms with Crippen molar-refractivity contribution >= 4 is 9.84 Å². The first-order valence-electron chi connectivity index (χ1n) is 3.74. The molecule has 0 rings (SSSR count). The van der Waals surface area contributed by atoms with Crippen molar-refractivity contribution in [3.05, 3.63) is 0 Å². The molecular weight excluding hydrogens is 207 g/mol. The molecule has 13 heavy (non-hydrogen) atoms. The van der Waals surface area contributed by atoms with E-state index in [1.807, 2.05) is 0 Å². The molecule has 0 aliphatic carbocycles. The lowest BCUT2D eigenvalue weighted by molar-refractivity contribution is -0.134. The summed E-state index contributed by atoms with van der Waals surface area (Å²) in [5.74, 6) is -0.686. The Labute approximate surface area is 75.0 Å². The zero-order valence-corrected chi connectivity index (χ0v) is 7.79. The predicted octanol–water partition coefficient (Wildman–Crippen LogP) is 0.702. The highest BCUT2D eigenvalue weighted by atomic mass is 32.2. The van der Waals surface area contributed by atoms with Crippen molar-refractivity contribution in [2.45, 2.75) is 19.0 Å². The molecule has 0 aliphatic rings. The van der Waals surface area contributed by atoms with Gasteiger partial charge in [0.1, 0.15) is 0 Å². The first-order chi connectivity index (χ1) is 5.77. The van der Waals surface area contributed by atoms with Crippen LogP contribution in [0.3, 0.4) is 0 Å². The number of hydrogen-bond donors (Lipinski definition) is 1. The zero-order valence-electron chi connectivity index (χ0n) is 6.97. The number of hydrogen-bond acceptors (Lipinski definition) is 3. The fourth-order valence-corrected chi connectivity index (χ4v) is 1.92. The molecule has 0 aromatic carbocycles. The maximum absolute atomic E-state index is 11.6. The van der Waals surface area contributed by atoms with Crippen LogP contribution in [0.25, 0.3) is 0 Å². The lowest BCUT2D eigenvalue weighted by Crippen LogP contribution is -2.19. The van der Waals surface area contributed by atoms with E-state index in [4.69, 9.17) is 5.73 Å². The quantitative estimate of drug-likeness (QED) is 0.740. The van der Waals surface area contributed by atoms with E-state index in [1.165, 1.54) is 0 Å². The van der Waals surface area contributed by atoms with Crippen molar-refractivity contribution in [3.63, 3.8) is 0 Å². The van der Waals surface area contributed by atoms with E-state index in [0.717, 1.165) is 0 Å². The average Bonchev–Trinajstić information content (AvgIpc) is 1.82. The third-order valence-electron chi connectivity index (χ3n) is 1.34. The molecule has 0 aliphatic heterocycles. The molecule has 0 unspecified atom stereocenters. The minimum atomic E-state index is -4.28. The molecule has 0 atom stereocenters. The summed E-state index contributed by atoms with van der Waals surface area (Å²) in [6.45, 7) is -0.0473. The van der Waals surface area contributed by atoms with Crippen LogP contribution < -0.4 is 5.73 Å². The molecule has 0 saturated heterocycles. The SMILES string of the molecule is NCCS(=O)(=O)CCCC(F)(F)F. The molecule has 2 N–H and O–H groups in total. The van der Waals surface area contributed by atoms with E-state index < -0.39 is 28.2 Å². The summed E-state index contributed by atoms with van der Waals surface area (Å²) >= 11 is 0. The number of halogens is 3. The fourth-order valence-electron chi connectivity index (χ4n) is 0.774. The van der Waals surface area contributed by atoms with Gasteiger partial charge >= 0.3 is 6.18 Å². The van der Waals surface area contributed by atoms with E-state index in [9.17, 15) is 21.6 Å². The van der Waals surface area contributed by atoms with E-state index in [0.29, 0.717) is 0 Å². The van der Waals surface area contributed by atoms with Crippen LogP contribution in [-0.4, -0.2) is 32.6 Å². The van der Waals surface area contributed by atoms with Gasteiger partial charge in [-0.25, -0.2) is 8.42 Å².